The maximum atomic E-state index is 13.0. The van der Waals surface area contributed by atoms with E-state index in [1.165, 1.54) is 135 Å². The van der Waals surface area contributed by atoms with Crippen LogP contribution in [0.3, 0.4) is 0 Å². The molecule has 0 saturated heterocycles. The molecule has 0 aliphatic rings. The number of amides is 1. The molecule has 330 valence electrons. The largest absolute Gasteiger partial charge is 0.508 e. The van der Waals surface area contributed by atoms with E-state index < -0.39 is 23.9 Å². The van der Waals surface area contributed by atoms with Gasteiger partial charge in [0.05, 0.1) is 16.6 Å². The van der Waals surface area contributed by atoms with Gasteiger partial charge >= 0.3 is 11.8 Å². The Morgan fingerprint density at radius 1 is 0.759 bits per heavy atom. The standard InChI is InChI=1S/C47H76BrNO9/c1-4-6-8-10-12-14-16-18-20-22-24-26-28-30-42(50)41(49-45(51)31-29-27-25-23-21-19-17-15-13-11-9-7-5-2)36-56-47(53)55-35-38-32-46(52)58-43-34-44(57-37-54-3)40(48)33-39(38)43/h28,30,32-34,41-42,50H,4-27,29,31,35-37H2,1-3H3,(H,49,51)/b30-28+/t41-,42+/m0/s1. The number of benzene rings is 1. The van der Waals surface area contributed by atoms with E-state index in [1.807, 2.05) is 6.08 Å². The Morgan fingerprint density at radius 2 is 1.29 bits per heavy atom. The number of nitrogens with one attached hydrogen (secondary N) is 1. The van der Waals surface area contributed by atoms with Crippen LogP contribution in [0, 0.1) is 0 Å². The second-order valence-corrected chi connectivity index (χ2v) is 16.5. The van der Waals surface area contributed by atoms with Crippen LogP contribution in [0.2, 0.25) is 0 Å². The third kappa shape index (κ3) is 24.3. The maximum absolute atomic E-state index is 13.0. The van der Waals surface area contributed by atoms with E-state index in [4.69, 9.17) is 23.4 Å². The molecule has 10 nitrogen and oxygen atoms in total. The van der Waals surface area contributed by atoms with Crippen molar-refractivity contribution in [2.75, 3.05) is 20.5 Å². The Balaban J connectivity index is 1.84. The molecule has 1 amide bonds. The van der Waals surface area contributed by atoms with Crippen molar-refractivity contribution in [1.29, 1.82) is 0 Å². The lowest BCUT2D eigenvalue weighted by Crippen LogP contribution is -2.46. The molecule has 0 fully saturated rings. The third-order valence-corrected chi connectivity index (χ3v) is 11.1. The first-order valence-corrected chi connectivity index (χ1v) is 23.4. The molecule has 0 aliphatic heterocycles. The fourth-order valence-electron chi connectivity index (χ4n) is 7.02. The predicted octanol–water partition coefficient (Wildman–Crippen LogP) is 12.8. The molecule has 2 atom stereocenters. The van der Waals surface area contributed by atoms with Gasteiger partial charge in [0, 0.05) is 36.6 Å². The minimum atomic E-state index is -1.05. The SMILES string of the molecule is CCCCCCCCCCCCC/C=C/[C@@H](O)[C@H](COC(=O)OCc1cc(=O)oc2cc(OCOC)c(Br)cc12)NC(=O)CCCCCCCCCCCCCCC. The lowest BCUT2D eigenvalue weighted by Gasteiger charge is -2.22. The highest BCUT2D eigenvalue weighted by molar-refractivity contribution is 9.10. The van der Waals surface area contributed by atoms with Crippen LogP contribution >= 0.6 is 15.9 Å². The van der Waals surface area contributed by atoms with E-state index in [0.29, 0.717) is 27.6 Å². The van der Waals surface area contributed by atoms with Crippen molar-refractivity contribution in [3.05, 3.63) is 50.8 Å². The van der Waals surface area contributed by atoms with Gasteiger partial charge in [-0.1, -0.05) is 167 Å². The van der Waals surface area contributed by atoms with Crippen LogP contribution in [-0.4, -0.2) is 49.8 Å². The van der Waals surface area contributed by atoms with Gasteiger partial charge in [-0.15, -0.1) is 0 Å². The number of carbonyl (C=O) groups is 2. The lowest BCUT2D eigenvalue weighted by atomic mass is 10.0. The molecule has 0 bridgehead atoms. The van der Waals surface area contributed by atoms with Gasteiger partial charge in [0.15, 0.2) is 6.79 Å². The molecular weight excluding hydrogens is 802 g/mol. The Morgan fingerprint density at radius 3 is 1.84 bits per heavy atom. The van der Waals surface area contributed by atoms with Gasteiger partial charge in [0.2, 0.25) is 5.91 Å². The number of rotatable bonds is 36. The summed E-state index contributed by atoms with van der Waals surface area (Å²) < 4.78 is 27.2. The summed E-state index contributed by atoms with van der Waals surface area (Å²) in [5.74, 6) is 0.230. The van der Waals surface area contributed by atoms with E-state index in [0.717, 1.165) is 38.5 Å². The Kier molecular flexibility index (Phi) is 29.9. The first-order valence-electron chi connectivity index (χ1n) is 22.6. The number of hydrogen-bond acceptors (Lipinski definition) is 9. The number of methoxy groups -OCH3 is 1. The fourth-order valence-corrected chi connectivity index (χ4v) is 7.48. The number of allylic oxidation sites excluding steroid dienone is 1. The molecule has 1 aromatic carbocycles. The summed E-state index contributed by atoms with van der Waals surface area (Å²) in [5.41, 5.74) is 0.0483. The molecule has 0 unspecified atom stereocenters. The van der Waals surface area contributed by atoms with Crippen molar-refractivity contribution in [3.63, 3.8) is 0 Å². The highest BCUT2D eigenvalue weighted by atomic mass is 79.9. The second-order valence-electron chi connectivity index (χ2n) is 15.7. The van der Waals surface area contributed by atoms with E-state index in [1.54, 1.807) is 18.2 Å². The Bertz CT molecular complexity index is 1460. The summed E-state index contributed by atoms with van der Waals surface area (Å²) in [6.07, 6.45) is 32.6. The topological polar surface area (TPSA) is 134 Å². The number of aliphatic hydroxyl groups excluding tert-OH is 1. The molecule has 0 spiro atoms. The van der Waals surface area contributed by atoms with Crippen LogP contribution in [0.4, 0.5) is 4.79 Å². The van der Waals surface area contributed by atoms with Crippen molar-refractivity contribution < 1.29 is 38.1 Å². The minimum absolute atomic E-state index is 0.00770. The summed E-state index contributed by atoms with van der Waals surface area (Å²) >= 11 is 3.45. The maximum Gasteiger partial charge on any atom is 0.508 e. The molecule has 58 heavy (non-hydrogen) atoms. The average molecular weight is 879 g/mol. The predicted molar refractivity (Wildman–Crippen MR) is 237 cm³/mol. The van der Waals surface area contributed by atoms with E-state index in [-0.39, 0.29) is 31.5 Å². The second kappa shape index (κ2) is 33.9. The fraction of sp³-hybridized carbons (Fsp3) is 0.723. The number of ether oxygens (including phenoxy) is 4. The highest BCUT2D eigenvalue weighted by Gasteiger charge is 2.22. The number of hydrogen-bond donors (Lipinski definition) is 2. The van der Waals surface area contributed by atoms with Crippen LogP contribution in [0.15, 0.2) is 44.0 Å². The van der Waals surface area contributed by atoms with Crippen LogP contribution < -0.4 is 15.7 Å². The van der Waals surface area contributed by atoms with Crippen LogP contribution in [0.1, 0.15) is 186 Å². The molecule has 11 heteroatoms. The van der Waals surface area contributed by atoms with Crippen LogP contribution in [-0.2, 0) is 25.6 Å². The third-order valence-electron chi connectivity index (χ3n) is 10.5. The smallest absolute Gasteiger partial charge is 0.466 e. The van der Waals surface area contributed by atoms with Gasteiger partial charge in [-0.05, 0) is 41.3 Å². The summed E-state index contributed by atoms with van der Waals surface area (Å²) in [7, 11) is 1.50. The van der Waals surface area contributed by atoms with Gasteiger partial charge in [0.1, 0.15) is 24.5 Å². The molecule has 0 saturated carbocycles. The van der Waals surface area contributed by atoms with E-state index >= 15 is 0 Å². The average Bonchev–Trinajstić information content (AvgIpc) is 3.21. The molecule has 2 rings (SSSR count). The van der Waals surface area contributed by atoms with Crippen molar-refractivity contribution in [1.82, 2.24) is 5.32 Å². The summed E-state index contributed by atoms with van der Waals surface area (Å²) in [5, 5.41) is 14.5. The first-order chi connectivity index (χ1) is 28.3. The zero-order valence-corrected chi connectivity index (χ0v) is 37.7. The number of halogens is 1. The molecule has 0 aliphatic carbocycles. The number of fused-ring (bicyclic) bond motifs is 1. The zero-order chi connectivity index (χ0) is 42.1. The van der Waals surface area contributed by atoms with Crippen LogP contribution in [0.5, 0.6) is 5.75 Å². The van der Waals surface area contributed by atoms with E-state index in [9.17, 15) is 19.5 Å². The first kappa shape index (κ1) is 51.3. The quantitative estimate of drug-likeness (QED) is 0.0226. The molecule has 0 radical (unpaired) electrons. The van der Waals surface area contributed by atoms with Crippen LogP contribution in [0.25, 0.3) is 11.0 Å². The number of aliphatic hydroxyl groups is 1. The normalized spacial score (nSPS) is 12.6. The van der Waals surface area contributed by atoms with Crippen molar-refractivity contribution in [3.8, 4) is 5.75 Å². The van der Waals surface area contributed by atoms with Gasteiger partial charge in [-0.3, -0.25) is 4.79 Å². The number of carbonyl (C=O) groups excluding carboxylic acids is 2. The highest BCUT2D eigenvalue weighted by Crippen LogP contribution is 2.32. The molecule has 1 aromatic heterocycles. The van der Waals surface area contributed by atoms with Gasteiger partial charge < -0.3 is 33.8 Å². The van der Waals surface area contributed by atoms with Crippen molar-refractivity contribution >= 4 is 39.0 Å². The molecule has 1 heterocycles. The Labute approximate surface area is 357 Å². The van der Waals surface area contributed by atoms with E-state index in [2.05, 4.69) is 35.1 Å². The van der Waals surface area contributed by atoms with Gasteiger partial charge in [-0.2, -0.15) is 0 Å². The van der Waals surface area contributed by atoms with Gasteiger partial charge in [-0.25, -0.2) is 9.59 Å². The summed E-state index contributed by atoms with van der Waals surface area (Å²) in [4.78, 5) is 38.1. The molecular formula is C47H76BrNO9. The molecule has 2 aromatic rings. The molecule has 2 N–H and O–H groups in total. The minimum Gasteiger partial charge on any atom is -0.466 e. The lowest BCUT2D eigenvalue weighted by molar-refractivity contribution is -0.123. The summed E-state index contributed by atoms with van der Waals surface area (Å²) in [6.45, 7) is 3.96. The number of unbranched alkanes of at least 4 members (excludes halogenated alkanes) is 23. The van der Waals surface area contributed by atoms with Crippen molar-refractivity contribution in [2.24, 2.45) is 0 Å². The van der Waals surface area contributed by atoms with Gasteiger partial charge in [0.25, 0.3) is 0 Å². The Hall–Kier alpha value is -2.89. The monoisotopic (exact) mass is 877 g/mol. The summed E-state index contributed by atoms with van der Waals surface area (Å²) in [6, 6.07) is 3.66. The van der Waals surface area contributed by atoms with Crippen molar-refractivity contribution in [2.45, 2.75) is 200 Å². The zero-order valence-electron chi connectivity index (χ0n) is 36.1.